The minimum absolute atomic E-state index is 0.305. The van der Waals surface area contributed by atoms with Gasteiger partial charge in [0.1, 0.15) is 0 Å². The second-order valence-electron chi connectivity index (χ2n) is 4.33. The van der Waals surface area contributed by atoms with E-state index in [0.717, 1.165) is 28.6 Å². The largest absolute Gasteiger partial charge is 0.493 e. The molecule has 1 saturated carbocycles. The Morgan fingerprint density at radius 1 is 1.33 bits per heavy atom. The van der Waals surface area contributed by atoms with Crippen molar-refractivity contribution in [2.24, 2.45) is 10.9 Å². The Morgan fingerprint density at radius 2 is 2.06 bits per heavy atom. The minimum atomic E-state index is 0.305. The van der Waals surface area contributed by atoms with E-state index in [1.807, 2.05) is 12.1 Å². The fourth-order valence-corrected chi connectivity index (χ4v) is 2.59. The molecule has 18 heavy (non-hydrogen) atoms. The summed E-state index contributed by atoms with van der Waals surface area (Å²) < 4.78 is 12.2. The Hall–Kier alpha value is -1.23. The summed E-state index contributed by atoms with van der Waals surface area (Å²) in [6.07, 6.45) is 6.60. The van der Waals surface area contributed by atoms with Crippen LogP contribution in [0.15, 0.2) is 21.7 Å². The van der Waals surface area contributed by atoms with Gasteiger partial charge in [-0.2, -0.15) is 5.10 Å². The van der Waals surface area contributed by atoms with Gasteiger partial charge in [0.15, 0.2) is 11.5 Å². The first-order valence-corrected chi connectivity index (χ1v) is 6.81. The average Bonchev–Trinajstić information content (AvgIpc) is 2.85. The van der Waals surface area contributed by atoms with Crippen molar-refractivity contribution in [3.63, 3.8) is 0 Å². The van der Waals surface area contributed by atoms with E-state index < -0.39 is 0 Å². The third-order valence-electron chi connectivity index (χ3n) is 3.09. The molecule has 0 bridgehead atoms. The molecular formula is C13H17BrN2O2. The van der Waals surface area contributed by atoms with E-state index in [1.165, 1.54) is 12.8 Å². The van der Waals surface area contributed by atoms with Crippen LogP contribution in [-0.4, -0.2) is 19.4 Å². The Bertz CT molecular complexity index is 443. The third kappa shape index (κ3) is 2.96. The molecule has 0 heterocycles. The molecule has 98 valence electrons. The molecule has 1 aliphatic rings. The lowest BCUT2D eigenvalue weighted by Gasteiger charge is -2.17. The van der Waals surface area contributed by atoms with E-state index in [2.05, 4.69) is 21.0 Å². The van der Waals surface area contributed by atoms with Gasteiger partial charge in [0.05, 0.1) is 19.4 Å². The van der Waals surface area contributed by atoms with E-state index in [9.17, 15) is 0 Å². The molecule has 0 amide bonds. The zero-order chi connectivity index (χ0) is 13.0. The van der Waals surface area contributed by atoms with Crippen molar-refractivity contribution < 1.29 is 9.47 Å². The van der Waals surface area contributed by atoms with Gasteiger partial charge in [-0.1, -0.05) is 0 Å². The number of nitrogens with two attached hydrogens (primary N) is 1. The Balaban J connectivity index is 2.25. The van der Waals surface area contributed by atoms with Crippen molar-refractivity contribution >= 4 is 22.1 Å². The molecular weight excluding hydrogens is 296 g/mol. The molecule has 1 aromatic carbocycles. The van der Waals surface area contributed by atoms with Gasteiger partial charge in [-0.15, -0.1) is 0 Å². The van der Waals surface area contributed by atoms with Crippen molar-refractivity contribution in [1.29, 1.82) is 0 Å². The molecule has 0 atom stereocenters. The number of benzene rings is 1. The lowest BCUT2D eigenvalue weighted by Crippen LogP contribution is -2.11. The van der Waals surface area contributed by atoms with Crippen LogP contribution in [0.4, 0.5) is 0 Å². The SMILES string of the molecule is COc1cc(C=NN)c(Br)cc1OC1CCCC1. The minimum Gasteiger partial charge on any atom is -0.493 e. The maximum atomic E-state index is 5.98. The van der Waals surface area contributed by atoms with Crippen LogP contribution in [0.3, 0.4) is 0 Å². The topological polar surface area (TPSA) is 56.8 Å². The van der Waals surface area contributed by atoms with Gasteiger partial charge in [0.2, 0.25) is 0 Å². The summed E-state index contributed by atoms with van der Waals surface area (Å²) in [6.45, 7) is 0. The highest BCUT2D eigenvalue weighted by molar-refractivity contribution is 9.10. The molecule has 0 aliphatic heterocycles. The highest BCUT2D eigenvalue weighted by atomic mass is 79.9. The fraction of sp³-hybridized carbons (Fsp3) is 0.462. The summed E-state index contributed by atoms with van der Waals surface area (Å²) in [7, 11) is 1.63. The molecule has 2 rings (SSSR count). The Labute approximate surface area is 115 Å². The molecule has 0 spiro atoms. The van der Waals surface area contributed by atoms with Crippen LogP contribution < -0.4 is 15.3 Å². The Morgan fingerprint density at radius 3 is 2.67 bits per heavy atom. The first-order valence-electron chi connectivity index (χ1n) is 6.02. The summed E-state index contributed by atoms with van der Waals surface area (Å²) in [5.74, 6) is 6.64. The molecule has 4 nitrogen and oxygen atoms in total. The van der Waals surface area contributed by atoms with Gasteiger partial charge in [0, 0.05) is 10.0 Å². The van der Waals surface area contributed by atoms with Gasteiger partial charge in [-0.3, -0.25) is 0 Å². The molecule has 1 fully saturated rings. The molecule has 0 unspecified atom stereocenters. The lowest BCUT2D eigenvalue weighted by molar-refractivity contribution is 0.200. The molecule has 0 radical (unpaired) electrons. The molecule has 0 saturated heterocycles. The third-order valence-corrected chi connectivity index (χ3v) is 3.78. The molecule has 2 N–H and O–H groups in total. The van der Waals surface area contributed by atoms with Crippen LogP contribution in [0.25, 0.3) is 0 Å². The Kier molecular flexibility index (Phi) is 4.47. The van der Waals surface area contributed by atoms with Gasteiger partial charge >= 0.3 is 0 Å². The maximum absolute atomic E-state index is 5.98. The number of methoxy groups -OCH3 is 1. The van der Waals surface area contributed by atoms with Crippen LogP contribution in [0.1, 0.15) is 31.2 Å². The monoisotopic (exact) mass is 312 g/mol. The second-order valence-corrected chi connectivity index (χ2v) is 5.18. The normalized spacial score (nSPS) is 16.3. The lowest BCUT2D eigenvalue weighted by atomic mass is 10.2. The standard InChI is InChI=1S/C13H17BrN2O2/c1-17-12-6-9(8-16-15)11(14)7-13(12)18-10-4-2-3-5-10/h6-8,10H,2-5,15H2,1H3. The van der Waals surface area contributed by atoms with E-state index in [0.29, 0.717) is 11.9 Å². The van der Waals surface area contributed by atoms with E-state index in [-0.39, 0.29) is 0 Å². The summed E-state index contributed by atoms with van der Waals surface area (Å²) >= 11 is 3.48. The predicted molar refractivity (Wildman–Crippen MR) is 75.4 cm³/mol. The summed E-state index contributed by atoms with van der Waals surface area (Å²) in [6, 6.07) is 3.78. The van der Waals surface area contributed by atoms with Crippen molar-refractivity contribution in [2.45, 2.75) is 31.8 Å². The van der Waals surface area contributed by atoms with Crippen LogP contribution in [0.2, 0.25) is 0 Å². The quantitative estimate of drug-likeness (QED) is 0.528. The average molecular weight is 313 g/mol. The van der Waals surface area contributed by atoms with Crippen LogP contribution in [0.5, 0.6) is 11.5 Å². The number of hydrogen-bond acceptors (Lipinski definition) is 4. The second kappa shape index (κ2) is 6.09. The van der Waals surface area contributed by atoms with Crippen molar-refractivity contribution in [3.05, 3.63) is 22.2 Å². The van der Waals surface area contributed by atoms with E-state index in [1.54, 1.807) is 13.3 Å². The molecule has 1 aliphatic carbocycles. The van der Waals surface area contributed by atoms with Crippen molar-refractivity contribution in [1.82, 2.24) is 0 Å². The van der Waals surface area contributed by atoms with Gasteiger partial charge in [0.25, 0.3) is 0 Å². The number of rotatable bonds is 4. The maximum Gasteiger partial charge on any atom is 0.162 e. The smallest absolute Gasteiger partial charge is 0.162 e. The molecule has 0 aromatic heterocycles. The number of hydrazone groups is 1. The number of ether oxygens (including phenoxy) is 2. The summed E-state index contributed by atoms with van der Waals surface area (Å²) in [4.78, 5) is 0. The van der Waals surface area contributed by atoms with Gasteiger partial charge < -0.3 is 15.3 Å². The van der Waals surface area contributed by atoms with Crippen molar-refractivity contribution in [2.75, 3.05) is 7.11 Å². The summed E-state index contributed by atoms with van der Waals surface area (Å²) in [5.41, 5.74) is 0.869. The van der Waals surface area contributed by atoms with Crippen LogP contribution in [-0.2, 0) is 0 Å². The van der Waals surface area contributed by atoms with E-state index >= 15 is 0 Å². The van der Waals surface area contributed by atoms with Crippen molar-refractivity contribution in [3.8, 4) is 11.5 Å². The number of halogens is 1. The zero-order valence-electron chi connectivity index (χ0n) is 10.4. The highest BCUT2D eigenvalue weighted by Gasteiger charge is 2.19. The van der Waals surface area contributed by atoms with Crippen LogP contribution >= 0.6 is 15.9 Å². The highest BCUT2D eigenvalue weighted by Crippen LogP contribution is 2.35. The fourth-order valence-electron chi connectivity index (χ4n) is 2.17. The first-order chi connectivity index (χ1) is 8.74. The first kappa shape index (κ1) is 13.2. The van der Waals surface area contributed by atoms with Crippen LogP contribution in [0, 0.1) is 0 Å². The molecule has 5 heteroatoms. The summed E-state index contributed by atoms with van der Waals surface area (Å²) in [5, 5.41) is 3.52. The van der Waals surface area contributed by atoms with Gasteiger partial charge in [-0.05, 0) is 53.7 Å². The predicted octanol–water partition coefficient (Wildman–Crippen LogP) is 3.07. The molecule has 1 aromatic rings. The number of nitrogens with zero attached hydrogens (tertiary/aromatic N) is 1. The van der Waals surface area contributed by atoms with E-state index in [4.69, 9.17) is 15.3 Å². The van der Waals surface area contributed by atoms with Gasteiger partial charge in [-0.25, -0.2) is 0 Å². The zero-order valence-corrected chi connectivity index (χ0v) is 11.9. The number of hydrogen-bond donors (Lipinski definition) is 1.